The Kier molecular flexibility index (Phi) is 6.82. The first-order valence-electron chi connectivity index (χ1n) is 10.8. The van der Waals surface area contributed by atoms with E-state index in [1.165, 1.54) is 0 Å². The summed E-state index contributed by atoms with van der Waals surface area (Å²) in [5, 5.41) is 6.38. The Morgan fingerprint density at radius 1 is 0.969 bits per heavy atom. The third-order valence-corrected chi connectivity index (χ3v) is 5.49. The van der Waals surface area contributed by atoms with Crippen molar-refractivity contribution in [3.8, 4) is 5.75 Å². The van der Waals surface area contributed by atoms with Crippen LogP contribution in [-0.4, -0.2) is 25.5 Å². The Hall–Kier alpha value is -3.64. The number of nitrogens with one attached hydrogen (secondary N) is 2. The number of methoxy groups -OCH3 is 1. The molecule has 1 aliphatic heterocycles. The van der Waals surface area contributed by atoms with Crippen LogP contribution in [0.25, 0.3) is 0 Å². The lowest BCUT2D eigenvalue weighted by Gasteiger charge is -2.16. The average molecular weight is 430 g/mol. The maximum Gasteiger partial charge on any atom is 0.255 e. The van der Waals surface area contributed by atoms with Gasteiger partial charge in [-0.15, -0.1) is 0 Å². The summed E-state index contributed by atoms with van der Waals surface area (Å²) in [5.41, 5.74) is 4.50. The van der Waals surface area contributed by atoms with Crippen molar-refractivity contribution in [1.82, 2.24) is 5.32 Å². The quantitative estimate of drug-likeness (QED) is 0.558. The lowest BCUT2D eigenvalue weighted by Crippen LogP contribution is -2.23. The zero-order valence-electron chi connectivity index (χ0n) is 18.1. The lowest BCUT2D eigenvalue weighted by molar-refractivity contribution is -0.117. The van der Waals surface area contributed by atoms with Crippen LogP contribution in [0.4, 0.5) is 11.4 Å². The van der Waals surface area contributed by atoms with Gasteiger partial charge in [-0.25, -0.2) is 0 Å². The molecule has 2 amide bonds. The molecule has 0 atom stereocenters. The van der Waals surface area contributed by atoms with E-state index in [1.807, 2.05) is 41.3 Å². The molecule has 6 heteroatoms. The summed E-state index contributed by atoms with van der Waals surface area (Å²) in [6.07, 6.45) is 1.56. The predicted octanol–water partition coefficient (Wildman–Crippen LogP) is 4.36. The van der Waals surface area contributed by atoms with Gasteiger partial charge in [0.1, 0.15) is 5.75 Å². The molecular formula is C26H27N3O3. The highest BCUT2D eigenvalue weighted by Crippen LogP contribution is 2.22. The second-order valence-electron chi connectivity index (χ2n) is 7.81. The van der Waals surface area contributed by atoms with E-state index in [4.69, 9.17) is 4.74 Å². The molecule has 4 rings (SSSR count). The molecule has 0 aliphatic carbocycles. The monoisotopic (exact) mass is 429 g/mol. The Bertz CT molecular complexity index is 1100. The van der Waals surface area contributed by atoms with E-state index in [9.17, 15) is 9.59 Å². The van der Waals surface area contributed by atoms with Crippen LogP contribution >= 0.6 is 0 Å². The van der Waals surface area contributed by atoms with Crippen LogP contribution in [-0.2, 0) is 17.9 Å². The highest BCUT2D eigenvalue weighted by molar-refractivity contribution is 6.04. The molecule has 2 N–H and O–H groups in total. The maximum absolute atomic E-state index is 12.5. The number of hydrogen-bond acceptors (Lipinski definition) is 4. The van der Waals surface area contributed by atoms with Crippen molar-refractivity contribution in [2.24, 2.45) is 0 Å². The molecule has 0 radical (unpaired) electrons. The van der Waals surface area contributed by atoms with Crippen LogP contribution in [0.2, 0.25) is 0 Å². The van der Waals surface area contributed by atoms with Gasteiger partial charge in [-0.3, -0.25) is 9.59 Å². The van der Waals surface area contributed by atoms with Gasteiger partial charge in [0.15, 0.2) is 0 Å². The first kappa shape index (κ1) is 21.6. The van der Waals surface area contributed by atoms with Gasteiger partial charge in [-0.05, 0) is 66.1 Å². The molecule has 0 bridgehead atoms. The minimum Gasteiger partial charge on any atom is -0.497 e. The van der Waals surface area contributed by atoms with Gasteiger partial charge in [-0.2, -0.15) is 0 Å². The number of ether oxygens (including phenoxy) is 1. The number of benzene rings is 3. The van der Waals surface area contributed by atoms with E-state index < -0.39 is 0 Å². The van der Waals surface area contributed by atoms with E-state index in [-0.39, 0.29) is 11.8 Å². The van der Waals surface area contributed by atoms with Crippen molar-refractivity contribution in [3.05, 3.63) is 89.5 Å². The molecule has 164 valence electrons. The molecule has 0 unspecified atom stereocenters. The first-order valence-corrected chi connectivity index (χ1v) is 10.8. The van der Waals surface area contributed by atoms with Crippen LogP contribution in [0.1, 0.15) is 34.3 Å². The zero-order valence-corrected chi connectivity index (χ0v) is 18.1. The second-order valence-corrected chi connectivity index (χ2v) is 7.81. The van der Waals surface area contributed by atoms with Crippen LogP contribution in [0.15, 0.2) is 72.8 Å². The fourth-order valence-electron chi connectivity index (χ4n) is 3.81. The highest BCUT2D eigenvalue weighted by atomic mass is 16.5. The average Bonchev–Trinajstić information content (AvgIpc) is 3.25. The Balaban J connectivity index is 1.32. The number of amides is 2. The molecule has 1 saturated heterocycles. The third-order valence-electron chi connectivity index (χ3n) is 5.49. The van der Waals surface area contributed by atoms with Crippen molar-refractivity contribution >= 4 is 23.2 Å². The van der Waals surface area contributed by atoms with Crippen molar-refractivity contribution in [2.45, 2.75) is 25.9 Å². The maximum atomic E-state index is 12.5. The van der Waals surface area contributed by atoms with Crippen molar-refractivity contribution in [1.29, 1.82) is 0 Å². The first-order chi connectivity index (χ1) is 15.6. The molecule has 3 aromatic carbocycles. The summed E-state index contributed by atoms with van der Waals surface area (Å²) < 4.78 is 5.13. The SMILES string of the molecule is COc1ccc(C(=O)Nc2cccc(CNCc3cccc(N4CCCC4=O)c3)c2)cc1. The summed E-state index contributed by atoms with van der Waals surface area (Å²) in [5.74, 6) is 0.752. The molecule has 0 saturated carbocycles. The van der Waals surface area contributed by atoms with Gasteiger partial charge in [0.2, 0.25) is 5.91 Å². The summed E-state index contributed by atoms with van der Waals surface area (Å²) >= 11 is 0. The fraction of sp³-hybridized carbons (Fsp3) is 0.231. The third kappa shape index (κ3) is 5.34. The Morgan fingerprint density at radius 3 is 2.38 bits per heavy atom. The van der Waals surface area contributed by atoms with Gasteiger partial charge in [0.05, 0.1) is 7.11 Å². The second kappa shape index (κ2) is 10.1. The van der Waals surface area contributed by atoms with E-state index in [2.05, 4.69) is 22.8 Å². The Labute approximate surface area is 188 Å². The van der Waals surface area contributed by atoms with Crippen molar-refractivity contribution < 1.29 is 14.3 Å². The van der Waals surface area contributed by atoms with Gasteiger partial charge in [0.25, 0.3) is 5.91 Å². The van der Waals surface area contributed by atoms with Crippen LogP contribution < -0.4 is 20.3 Å². The fourth-order valence-corrected chi connectivity index (χ4v) is 3.81. The smallest absolute Gasteiger partial charge is 0.255 e. The molecule has 1 heterocycles. The minimum absolute atomic E-state index is 0.161. The molecule has 3 aromatic rings. The molecule has 1 aliphatic rings. The van der Waals surface area contributed by atoms with E-state index in [0.717, 1.165) is 35.5 Å². The van der Waals surface area contributed by atoms with Crippen molar-refractivity contribution in [3.63, 3.8) is 0 Å². The molecule has 6 nitrogen and oxygen atoms in total. The predicted molar refractivity (Wildman–Crippen MR) is 126 cm³/mol. The highest BCUT2D eigenvalue weighted by Gasteiger charge is 2.21. The van der Waals surface area contributed by atoms with Crippen LogP contribution in [0.5, 0.6) is 5.75 Å². The van der Waals surface area contributed by atoms with Gasteiger partial charge < -0.3 is 20.3 Å². The molecule has 32 heavy (non-hydrogen) atoms. The molecular weight excluding hydrogens is 402 g/mol. The topological polar surface area (TPSA) is 70.7 Å². The summed E-state index contributed by atoms with van der Waals surface area (Å²) in [6, 6.07) is 22.9. The standard InChI is InChI=1S/C26H27N3O3/c1-32-24-12-10-21(11-13-24)26(31)28-22-7-2-5-19(15-22)17-27-18-20-6-3-8-23(16-20)29-14-4-9-25(29)30/h2-3,5-8,10-13,15-16,27H,4,9,14,17-18H2,1H3,(H,28,31). The summed E-state index contributed by atoms with van der Waals surface area (Å²) in [7, 11) is 1.60. The minimum atomic E-state index is -0.161. The van der Waals surface area contributed by atoms with E-state index in [1.54, 1.807) is 31.4 Å². The largest absolute Gasteiger partial charge is 0.497 e. The summed E-state index contributed by atoms with van der Waals surface area (Å²) in [4.78, 5) is 26.3. The number of anilines is 2. The van der Waals surface area contributed by atoms with Gasteiger partial charge in [0, 0.05) is 43.0 Å². The molecule has 0 aromatic heterocycles. The molecule has 0 spiro atoms. The number of rotatable bonds is 8. The van der Waals surface area contributed by atoms with Crippen molar-refractivity contribution in [2.75, 3.05) is 23.9 Å². The lowest BCUT2D eigenvalue weighted by atomic mass is 10.1. The Morgan fingerprint density at radius 2 is 1.69 bits per heavy atom. The van der Waals surface area contributed by atoms with Crippen LogP contribution in [0.3, 0.4) is 0 Å². The van der Waals surface area contributed by atoms with Gasteiger partial charge in [-0.1, -0.05) is 24.3 Å². The van der Waals surface area contributed by atoms with Crippen LogP contribution in [0, 0.1) is 0 Å². The number of carbonyl (C=O) groups is 2. The number of nitrogens with zero attached hydrogens (tertiary/aromatic N) is 1. The molecule has 1 fully saturated rings. The number of hydrogen-bond donors (Lipinski definition) is 2. The van der Waals surface area contributed by atoms with Gasteiger partial charge >= 0.3 is 0 Å². The van der Waals surface area contributed by atoms with E-state index >= 15 is 0 Å². The normalized spacial score (nSPS) is 13.3. The van der Waals surface area contributed by atoms with E-state index in [0.29, 0.717) is 30.8 Å². The number of carbonyl (C=O) groups excluding carboxylic acids is 2. The zero-order chi connectivity index (χ0) is 22.3. The summed E-state index contributed by atoms with van der Waals surface area (Å²) in [6.45, 7) is 2.15.